The van der Waals surface area contributed by atoms with Crippen molar-refractivity contribution in [2.45, 2.75) is 18.9 Å². The molecule has 1 heterocycles. The van der Waals surface area contributed by atoms with Gasteiger partial charge in [-0.3, -0.25) is 4.79 Å². The van der Waals surface area contributed by atoms with Crippen LogP contribution in [0.1, 0.15) is 29.3 Å². The maximum absolute atomic E-state index is 12.9. The van der Waals surface area contributed by atoms with Gasteiger partial charge in [0, 0.05) is 11.8 Å². The first kappa shape index (κ1) is 14.0. The molecule has 1 N–H and O–H groups in total. The van der Waals surface area contributed by atoms with Gasteiger partial charge in [-0.15, -0.1) is 0 Å². The van der Waals surface area contributed by atoms with Gasteiger partial charge in [-0.2, -0.15) is 0 Å². The van der Waals surface area contributed by atoms with Crippen LogP contribution in [-0.2, 0) is 5.54 Å². The summed E-state index contributed by atoms with van der Waals surface area (Å²) >= 11 is 5.80. The van der Waals surface area contributed by atoms with E-state index in [-0.39, 0.29) is 11.7 Å². The number of rotatable bonds is 3. The third-order valence-electron chi connectivity index (χ3n) is 3.99. The van der Waals surface area contributed by atoms with Crippen LogP contribution in [0.4, 0.5) is 4.39 Å². The number of nitrogens with zero attached hydrogens (tertiary/aromatic N) is 1. The lowest BCUT2D eigenvalue weighted by atomic mass is 10.0. The Hall–Kier alpha value is -1.94. The van der Waals surface area contributed by atoms with Crippen LogP contribution >= 0.6 is 11.6 Å². The van der Waals surface area contributed by atoms with Gasteiger partial charge in [-0.1, -0.05) is 24.6 Å². The largest absolute Gasteiger partial charge is 0.342 e. The number of halogens is 2. The maximum atomic E-state index is 12.9. The zero-order chi connectivity index (χ0) is 15.0. The fraction of sp³-hybridized carbons (Fsp3) is 0.250. The molecule has 21 heavy (non-hydrogen) atoms. The second-order valence-electron chi connectivity index (χ2n) is 5.41. The normalized spacial score (nSPS) is 23.7. The van der Waals surface area contributed by atoms with E-state index >= 15 is 0 Å². The van der Waals surface area contributed by atoms with E-state index in [2.05, 4.69) is 17.2 Å². The molecule has 5 heteroatoms. The van der Waals surface area contributed by atoms with E-state index in [4.69, 9.17) is 11.6 Å². The lowest BCUT2D eigenvalue weighted by Crippen LogP contribution is -2.36. The van der Waals surface area contributed by atoms with E-state index in [1.165, 1.54) is 24.3 Å². The van der Waals surface area contributed by atoms with Gasteiger partial charge < -0.3 is 5.32 Å². The number of hydrogen-bond donors (Lipinski definition) is 1. The van der Waals surface area contributed by atoms with Crippen molar-refractivity contribution in [1.29, 1.82) is 0 Å². The van der Waals surface area contributed by atoms with E-state index in [1.54, 1.807) is 12.3 Å². The summed E-state index contributed by atoms with van der Waals surface area (Å²) in [5, 5.41) is 3.47. The van der Waals surface area contributed by atoms with Crippen molar-refractivity contribution in [3.63, 3.8) is 0 Å². The molecule has 2 aromatic rings. The zero-order valence-corrected chi connectivity index (χ0v) is 12.2. The molecule has 0 spiro atoms. The van der Waals surface area contributed by atoms with Crippen LogP contribution < -0.4 is 5.32 Å². The smallest absolute Gasteiger partial charge is 0.251 e. The minimum atomic E-state index is -0.400. The van der Waals surface area contributed by atoms with Gasteiger partial charge in [0.1, 0.15) is 11.0 Å². The molecule has 1 aromatic heterocycles. The third-order valence-corrected chi connectivity index (χ3v) is 4.22. The molecule has 0 saturated heterocycles. The Kier molecular flexibility index (Phi) is 3.41. The quantitative estimate of drug-likeness (QED) is 0.881. The molecule has 3 nitrogen and oxygen atoms in total. The first-order valence-corrected chi connectivity index (χ1v) is 7.09. The maximum Gasteiger partial charge on any atom is 0.251 e. The summed E-state index contributed by atoms with van der Waals surface area (Å²) < 4.78 is 12.9. The number of amides is 1. The average molecular weight is 305 g/mol. The van der Waals surface area contributed by atoms with E-state index in [9.17, 15) is 9.18 Å². The van der Waals surface area contributed by atoms with Crippen molar-refractivity contribution in [2.75, 3.05) is 0 Å². The number of aromatic nitrogens is 1. The molecule has 1 fully saturated rings. The van der Waals surface area contributed by atoms with Crippen molar-refractivity contribution >= 4 is 17.5 Å². The van der Waals surface area contributed by atoms with Gasteiger partial charge in [-0.25, -0.2) is 9.37 Å². The van der Waals surface area contributed by atoms with Gasteiger partial charge in [-0.05, 0) is 48.2 Å². The summed E-state index contributed by atoms with van der Waals surface area (Å²) in [7, 11) is 0. The number of hydrogen-bond acceptors (Lipinski definition) is 2. The van der Waals surface area contributed by atoms with Crippen LogP contribution in [0.3, 0.4) is 0 Å². The highest BCUT2D eigenvalue weighted by atomic mass is 35.5. The number of benzene rings is 1. The molecule has 0 bridgehead atoms. The minimum absolute atomic E-state index is 0.214. The van der Waals surface area contributed by atoms with Crippen LogP contribution in [0.2, 0.25) is 5.15 Å². The molecule has 1 amide bonds. The first-order valence-electron chi connectivity index (χ1n) is 6.71. The van der Waals surface area contributed by atoms with Gasteiger partial charge in [0.15, 0.2) is 0 Å². The summed E-state index contributed by atoms with van der Waals surface area (Å²) in [6, 6.07) is 9.11. The van der Waals surface area contributed by atoms with E-state index in [1.807, 2.05) is 6.07 Å². The summed E-state index contributed by atoms with van der Waals surface area (Å²) in [4.78, 5) is 16.4. The molecule has 1 aliphatic carbocycles. The van der Waals surface area contributed by atoms with Crippen LogP contribution in [0.15, 0.2) is 42.6 Å². The Morgan fingerprint density at radius 1 is 1.33 bits per heavy atom. The Morgan fingerprint density at radius 2 is 2.00 bits per heavy atom. The Morgan fingerprint density at radius 3 is 2.52 bits per heavy atom. The highest BCUT2D eigenvalue weighted by molar-refractivity contribution is 6.29. The van der Waals surface area contributed by atoms with Gasteiger partial charge >= 0.3 is 0 Å². The third kappa shape index (κ3) is 2.63. The predicted octanol–water partition coefficient (Wildman–Crippen LogP) is 3.54. The van der Waals surface area contributed by atoms with E-state index in [0.29, 0.717) is 16.6 Å². The van der Waals surface area contributed by atoms with Gasteiger partial charge in [0.05, 0.1) is 5.54 Å². The number of nitrogens with one attached hydrogen (secondary N) is 1. The summed E-state index contributed by atoms with van der Waals surface area (Å²) in [6.07, 6.45) is 2.54. The van der Waals surface area contributed by atoms with Crippen molar-refractivity contribution in [3.05, 3.63) is 64.7 Å². The van der Waals surface area contributed by atoms with Crippen LogP contribution in [0, 0.1) is 11.7 Å². The van der Waals surface area contributed by atoms with E-state index in [0.717, 1.165) is 12.0 Å². The number of carbonyl (C=O) groups is 1. The van der Waals surface area contributed by atoms with Crippen LogP contribution in [-0.4, -0.2) is 10.9 Å². The first-order chi connectivity index (χ1) is 10.0. The monoisotopic (exact) mass is 304 g/mol. The molecule has 2 unspecified atom stereocenters. The van der Waals surface area contributed by atoms with Gasteiger partial charge in [0.2, 0.25) is 0 Å². The topological polar surface area (TPSA) is 42.0 Å². The highest BCUT2D eigenvalue weighted by Crippen LogP contribution is 2.51. The molecule has 2 atom stereocenters. The lowest BCUT2D eigenvalue weighted by molar-refractivity contribution is 0.0927. The molecule has 0 radical (unpaired) electrons. The predicted molar refractivity (Wildman–Crippen MR) is 78.6 cm³/mol. The molecule has 1 aromatic carbocycles. The van der Waals surface area contributed by atoms with E-state index < -0.39 is 5.54 Å². The average Bonchev–Trinajstić information content (AvgIpc) is 3.11. The molecule has 0 aliphatic heterocycles. The standard InChI is InChI=1S/C16H14ClFN2O/c1-10-8-16(10,12-4-7-14(17)19-9-12)20-15(21)11-2-5-13(18)6-3-11/h2-7,9-10H,8H2,1H3,(H,20,21). The van der Waals surface area contributed by atoms with Crippen molar-refractivity contribution < 1.29 is 9.18 Å². The summed E-state index contributed by atoms with van der Waals surface area (Å²) in [6.45, 7) is 2.07. The fourth-order valence-electron chi connectivity index (χ4n) is 2.59. The molecule has 1 aliphatic rings. The minimum Gasteiger partial charge on any atom is -0.342 e. The molecule has 1 saturated carbocycles. The summed E-state index contributed by atoms with van der Waals surface area (Å²) in [5.41, 5.74) is 0.981. The molecule has 108 valence electrons. The second-order valence-corrected chi connectivity index (χ2v) is 5.79. The summed E-state index contributed by atoms with van der Waals surface area (Å²) in [5.74, 6) is -0.248. The second kappa shape index (κ2) is 5.11. The molecular weight excluding hydrogens is 291 g/mol. The number of pyridine rings is 1. The van der Waals surface area contributed by atoms with Crippen molar-refractivity contribution in [2.24, 2.45) is 5.92 Å². The Balaban J connectivity index is 1.83. The zero-order valence-electron chi connectivity index (χ0n) is 11.4. The molecular formula is C16H14ClFN2O. The Labute approximate surface area is 127 Å². The fourth-order valence-corrected chi connectivity index (χ4v) is 2.70. The van der Waals surface area contributed by atoms with Crippen LogP contribution in [0.25, 0.3) is 0 Å². The van der Waals surface area contributed by atoms with Crippen molar-refractivity contribution in [1.82, 2.24) is 10.3 Å². The Bertz CT molecular complexity index is 672. The SMILES string of the molecule is CC1CC1(NC(=O)c1ccc(F)cc1)c1ccc(Cl)nc1. The molecule has 3 rings (SSSR count). The number of carbonyl (C=O) groups excluding carboxylic acids is 1. The van der Waals surface area contributed by atoms with Crippen LogP contribution in [0.5, 0.6) is 0 Å². The van der Waals surface area contributed by atoms with Gasteiger partial charge in [0.25, 0.3) is 5.91 Å². The highest BCUT2D eigenvalue weighted by Gasteiger charge is 2.53. The lowest BCUT2D eigenvalue weighted by Gasteiger charge is -2.19. The van der Waals surface area contributed by atoms with Crippen molar-refractivity contribution in [3.8, 4) is 0 Å².